The molecule has 1 saturated carbocycles. The molecule has 2 nitrogen and oxygen atoms in total. The smallest absolute Gasteiger partial charge is 0.309 e. The first-order valence-electron chi connectivity index (χ1n) is 3.94. The van der Waals surface area contributed by atoms with Crippen LogP contribution in [0.1, 0.15) is 33.1 Å². The monoisotopic (exact) mass is 142 g/mol. The second-order valence-electron chi connectivity index (χ2n) is 2.93. The van der Waals surface area contributed by atoms with Crippen molar-refractivity contribution in [3.8, 4) is 0 Å². The molecule has 10 heavy (non-hydrogen) atoms. The summed E-state index contributed by atoms with van der Waals surface area (Å²) in [4.78, 5) is 11.0. The van der Waals surface area contributed by atoms with Crippen molar-refractivity contribution >= 4 is 5.97 Å². The normalized spacial score (nSPS) is 20.2. The standard InChI is InChI=1S/C8H14O2/c1-3-6(2)10-8(9)7-4-5-7/h6-7H,3-5H2,1-2H3. The predicted octanol–water partition coefficient (Wildman–Crippen LogP) is 1.74. The SMILES string of the molecule is CCC(C)OC(=O)C1CC1. The first-order valence-corrected chi connectivity index (χ1v) is 3.94. The van der Waals surface area contributed by atoms with Crippen molar-refractivity contribution in [1.29, 1.82) is 0 Å². The Morgan fingerprint density at radius 3 is 2.70 bits per heavy atom. The lowest BCUT2D eigenvalue weighted by Crippen LogP contribution is -2.14. The van der Waals surface area contributed by atoms with Gasteiger partial charge in [-0.15, -0.1) is 0 Å². The van der Waals surface area contributed by atoms with E-state index in [1.165, 1.54) is 0 Å². The van der Waals surface area contributed by atoms with E-state index in [1.807, 2.05) is 13.8 Å². The fraction of sp³-hybridized carbons (Fsp3) is 0.875. The number of hydrogen-bond donors (Lipinski definition) is 0. The van der Waals surface area contributed by atoms with E-state index in [-0.39, 0.29) is 18.0 Å². The van der Waals surface area contributed by atoms with E-state index in [4.69, 9.17) is 4.74 Å². The van der Waals surface area contributed by atoms with Gasteiger partial charge in [-0.1, -0.05) is 6.92 Å². The van der Waals surface area contributed by atoms with Gasteiger partial charge in [0.1, 0.15) is 0 Å². The summed E-state index contributed by atoms with van der Waals surface area (Å²) in [6.45, 7) is 3.95. The van der Waals surface area contributed by atoms with Gasteiger partial charge >= 0.3 is 5.97 Å². The third-order valence-electron chi connectivity index (χ3n) is 1.80. The van der Waals surface area contributed by atoms with Crippen molar-refractivity contribution in [2.45, 2.75) is 39.2 Å². The molecule has 0 aromatic carbocycles. The summed E-state index contributed by atoms with van der Waals surface area (Å²) in [5, 5.41) is 0. The Balaban J connectivity index is 2.16. The van der Waals surface area contributed by atoms with Crippen LogP contribution in [0.2, 0.25) is 0 Å². The van der Waals surface area contributed by atoms with Gasteiger partial charge in [0, 0.05) is 0 Å². The lowest BCUT2D eigenvalue weighted by molar-refractivity contribution is -0.149. The van der Waals surface area contributed by atoms with Crippen LogP contribution >= 0.6 is 0 Å². The number of carbonyl (C=O) groups is 1. The van der Waals surface area contributed by atoms with Crippen LogP contribution in [0.4, 0.5) is 0 Å². The van der Waals surface area contributed by atoms with E-state index in [2.05, 4.69) is 0 Å². The summed E-state index contributed by atoms with van der Waals surface area (Å²) in [6.07, 6.45) is 3.09. The minimum Gasteiger partial charge on any atom is -0.462 e. The van der Waals surface area contributed by atoms with E-state index >= 15 is 0 Å². The van der Waals surface area contributed by atoms with E-state index < -0.39 is 0 Å². The largest absolute Gasteiger partial charge is 0.462 e. The van der Waals surface area contributed by atoms with E-state index in [0.29, 0.717) is 0 Å². The fourth-order valence-corrected chi connectivity index (χ4v) is 0.697. The molecule has 0 saturated heterocycles. The van der Waals surface area contributed by atoms with Crippen LogP contribution in [0.15, 0.2) is 0 Å². The fourth-order valence-electron chi connectivity index (χ4n) is 0.697. The molecule has 1 rings (SSSR count). The van der Waals surface area contributed by atoms with E-state index in [0.717, 1.165) is 19.3 Å². The van der Waals surface area contributed by atoms with Gasteiger partial charge in [-0.2, -0.15) is 0 Å². The minimum atomic E-state index is 0.00866. The van der Waals surface area contributed by atoms with Crippen molar-refractivity contribution in [3.63, 3.8) is 0 Å². The molecular weight excluding hydrogens is 128 g/mol. The van der Waals surface area contributed by atoms with Gasteiger partial charge in [0.2, 0.25) is 0 Å². The molecule has 0 aromatic rings. The highest BCUT2D eigenvalue weighted by molar-refractivity contribution is 5.75. The van der Waals surface area contributed by atoms with Crippen LogP contribution in [-0.4, -0.2) is 12.1 Å². The van der Waals surface area contributed by atoms with Crippen molar-refractivity contribution in [1.82, 2.24) is 0 Å². The Hall–Kier alpha value is -0.530. The number of carbonyl (C=O) groups excluding carboxylic acids is 1. The molecule has 1 atom stereocenters. The first-order chi connectivity index (χ1) is 4.74. The van der Waals surface area contributed by atoms with Crippen molar-refractivity contribution < 1.29 is 9.53 Å². The average Bonchev–Trinajstić information content (AvgIpc) is 2.68. The van der Waals surface area contributed by atoms with Gasteiger partial charge in [-0.05, 0) is 26.2 Å². The molecule has 0 aliphatic heterocycles. The summed E-state index contributed by atoms with van der Waals surface area (Å²) in [7, 11) is 0. The maximum Gasteiger partial charge on any atom is 0.309 e. The average molecular weight is 142 g/mol. The maximum atomic E-state index is 11.0. The number of hydrogen-bond acceptors (Lipinski definition) is 2. The summed E-state index contributed by atoms with van der Waals surface area (Å²) < 4.78 is 5.08. The Morgan fingerprint density at radius 2 is 2.30 bits per heavy atom. The molecule has 0 amide bonds. The second kappa shape index (κ2) is 3.04. The quantitative estimate of drug-likeness (QED) is 0.561. The summed E-state index contributed by atoms with van der Waals surface area (Å²) in [5.41, 5.74) is 0. The Labute approximate surface area is 61.6 Å². The molecule has 2 heteroatoms. The topological polar surface area (TPSA) is 26.3 Å². The van der Waals surface area contributed by atoms with Crippen LogP contribution in [0.5, 0.6) is 0 Å². The number of ether oxygens (including phenoxy) is 1. The van der Waals surface area contributed by atoms with Crippen molar-refractivity contribution in [2.24, 2.45) is 5.92 Å². The molecule has 1 aliphatic rings. The highest BCUT2D eigenvalue weighted by Crippen LogP contribution is 2.30. The molecule has 1 aliphatic carbocycles. The zero-order chi connectivity index (χ0) is 7.56. The van der Waals surface area contributed by atoms with E-state index in [1.54, 1.807) is 0 Å². The third-order valence-corrected chi connectivity index (χ3v) is 1.80. The lowest BCUT2D eigenvalue weighted by atomic mass is 10.3. The molecule has 0 spiro atoms. The maximum absolute atomic E-state index is 11.0. The minimum absolute atomic E-state index is 0.00866. The van der Waals surface area contributed by atoms with Crippen LogP contribution in [0.3, 0.4) is 0 Å². The predicted molar refractivity (Wildman–Crippen MR) is 38.6 cm³/mol. The Morgan fingerprint density at radius 1 is 1.70 bits per heavy atom. The highest BCUT2D eigenvalue weighted by Gasteiger charge is 2.31. The van der Waals surface area contributed by atoms with Crippen LogP contribution < -0.4 is 0 Å². The van der Waals surface area contributed by atoms with Crippen molar-refractivity contribution in [3.05, 3.63) is 0 Å². The van der Waals surface area contributed by atoms with Gasteiger partial charge in [0.25, 0.3) is 0 Å². The number of rotatable bonds is 3. The van der Waals surface area contributed by atoms with Crippen LogP contribution in [-0.2, 0) is 9.53 Å². The molecule has 58 valence electrons. The lowest BCUT2D eigenvalue weighted by Gasteiger charge is -2.09. The molecule has 1 fully saturated rings. The Kier molecular flexibility index (Phi) is 2.30. The zero-order valence-corrected chi connectivity index (χ0v) is 6.59. The molecule has 0 aromatic heterocycles. The van der Waals surface area contributed by atoms with Crippen LogP contribution in [0, 0.1) is 5.92 Å². The van der Waals surface area contributed by atoms with Gasteiger partial charge in [0.05, 0.1) is 12.0 Å². The molecule has 1 unspecified atom stereocenters. The van der Waals surface area contributed by atoms with Gasteiger partial charge in [-0.3, -0.25) is 4.79 Å². The summed E-state index contributed by atoms with van der Waals surface area (Å²) in [5.74, 6) is 0.253. The third kappa shape index (κ3) is 2.01. The summed E-state index contributed by atoms with van der Waals surface area (Å²) >= 11 is 0. The van der Waals surface area contributed by atoms with Gasteiger partial charge in [0.15, 0.2) is 0 Å². The van der Waals surface area contributed by atoms with E-state index in [9.17, 15) is 4.79 Å². The molecule has 0 radical (unpaired) electrons. The summed E-state index contributed by atoms with van der Waals surface area (Å²) in [6, 6.07) is 0. The molecule has 0 heterocycles. The number of esters is 1. The molecular formula is C8H14O2. The molecule has 0 N–H and O–H groups in total. The molecule has 0 bridgehead atoms. The highest BCUT2D eigenvalue weighted by atomic mass is 16.5. The Bertz CT molecular complexity index is 127. The first kappa shape index (κ1) is 7.58. The van der Waals surface area contributed by atoms with Gasteiger partial charge in [-0.25, -0.2) is 0 Å². The van der Waals surface area contributed by atoms with Gasteiger partial charge < -0.3 is 4.74 Å². The van der Waals surface area contributed by atoms with Crippen LogP contribution in [0.25, 0.3) is 0 Å². The van der Waals surface area contributed by atoms with Crippen molar-refractivity contribution in [2.75, 3.05) is 0 Å². The second-order valence-corrected chi connectivity index (χ2v) is 2.93. The zero-order valence-electron chi connectivity index (χ0n) is 6.59.